The number of halogens is 1. The molecular weight excluding hydrogens is 416 g/mol. The highest BCUT2D eigenvalue weighted by molar-refractivity contribution is 6.30. The third-order valence-corrected chi connectivity index (χ3v) is 6.34. The van der Waals surface area contributed by atoms with E-state index in [9.17, 15) is 9.59 Å². The molecule has 0 saturated carbocycles. The third-order valence-electron chi connectivity index (χ3n) is 6.11. The molecule has 1 saturated heterocycles. The first-order chi connectivity index (χ1) is 15.0. The van der Waals surface area contributed by atoms with Gasteiger partial charge in [-0.05, 0) is 55.2 Å². The lowest BCUT2D eigenvalue weighted by molar-refractivity contribution is -0.132. The minimum atomic E-state index is -0.398. The van der Waals surface area contributed by atoms with E-state index in [2.05, 4.69) is 5.32 Å². The van der Waals surface area contributed by atoms with Crippen LogP contribution < -0.4 is 14.8 Å². The molecule has 0 radical (unpaired) electrons. The van der Waals surface area contributed by atoms with Crippen LogP contribution >= 0.6 is 11.6 Å². The fraction of sp³-hybridized carbons (Fsp3) is 0.417. The maximum atomic E-state index is 13.1. The molecule has 2 heterocycles. The zero-order valence-corrected chi connectivity index (χ0v) is 18.4. The van der Waals surface area contributed by atoms with Crippen LogP contribution in [-0.4, -0.2) is 42.5 Å². The summed E-state index contributed by atoms with van der Waals surface area (Å²) < 4.78 is 11.0. The number of carbonyl (C=O) groups is 2. The van der Waals surface area contributed by atoms with Crippen molar-refractivity contribution in [2.75, 3.05) is 20.3 Å². The van der Waals surface area contributed by atoms with E-state index in [-0.39, 0.29) is 11.8 Å². The predicted octanol–water partition coefficient (Wildman–Crippen LogP) is 3.74. The van der Waals surface area contributed by atoms with Crippen molar-refractivity contribution in [2.45, 2.75) is 44.2 Å². The molecule has 0 unspecified atom stereocenters. The summed E-state index contributed by atoms with van der Waals surface area (Å²) in [5.74, 6) is 1.69. The molecule has 1 atom stereocenters. The van der Waals surface area contributed by atoms with Crippen LogP contribution in [0, 0.1) is 0 Å². The van der Waals surface area contributed by atoms with Gasteiger partial charge in [-0.15, -0.1) is 0 Å². The normalized spacial score (nSPS) is 20.5. The van der Waals surface area contributed by atoms with Gasteiger partial charge in [-0.3, -0.25) is 9.59 Å². The zero-order chi connectivity index (χ0) is 21.8. The van der Waals surface area contributed by atoms with Crippen molar-refractivity contribution in [3.63, 3.8) is 0 Å². The van der Waals surface area contributed by atoms with E-state index >= 15 is 0 Å². The Balaban J connectivity index is 1.43. The molecular formula is C24H27ClN2O4. The minimum Gasteiger partial charge on any atom is -0.497 e. The molecule has 6 nitrogen and oxygen atoms in total. The van der Waals surface area contributed by atoms with Gasteiger partial charge >= 0.3 is 0 Å². The van der Waals surface area contributed by atoms with Crippen LogP contribution in [0.2, 0.25) is 5.02 Å². The number of amides is 2. The van der Waals surface area contributed by atoms with Crippen LogP contribution in [0.4, 0.5) is 0 Å². The molecule has 0 aromatic heterocycles. The molecule has 0 spiro atoms. The second kappa shape index (κ2) is 9.18. The molecule has 0 bridgehead atoms. The van der Waals surface area contributed by atoms with E-state index in [0.29, 0.717) is 50.4 Å². The highest BCUT2D eigenvalue weighted by Crippen LogP contribution is 2.31. The lowest BCUT2D eigenvalue weighted by Crippen LogP contribution is -2.45. The Bertz CT molecular complexity index is 963. The summed E-state index contributed by atoms with van der Waals surface area (Å²) in [6.07, 6.45) is 2.88. The van der Waals surface area contributed by atoms with Gasteiger partial charge in [-0.2, -0.15) is 0 Å². The van der Waals surface area contributed by atoms with Gasteiger partial charge in [0, 0.05) is 35.5 Å². The number of ether oxygens (including phenoxy) is 2. The number of nitrogens with one attached hydrogen (secondary N) is 1. The molecule has 1 N–H and O–H groups in total. The Labute approximate surface area is 187 Å². The van der Waals surface area contributed by atoms with Crippen molar-refractivity contribution >= 4 is 23.4 Å². The summed E-state index contributed by atoms with van der Waals surface area (Å²) in [5, 5.41) is 3.78. The third kappa shape index (κ3) is 5.13. The van der Waals surface area contributed by atoms with E-state index in [1.165, 1.54) is 0 Å². The molecule has 2 aliphatic rings. The van der Waals surface area contributed by atoms with Crippen LogP contribution in [0.25, 0.3) is 0 Å². The van der Waals surface area contributed by atoms with E-state index in [1.807, 2.05) is 41.3 Å². The van der Waals surface area contributed by atoms with Gasteiger partial charge in [0.05, 0.1) is 13.7 Å². The lowest BCUT2D eigenvalue weighted by Gasteiger charge is -2.30. The molecule has 7 heteroatoms. The molecule has 2 aromatic rings. The van der Waals surface area contributed by atoms with Crippen molar-refractivity contribution < 1.29 is 19.1 Å². The predicted molar refractivity (Wildman–Crippen MR) is 118 cm³/mol. The molecule has 2 aliphatic heterocycles. The standard InChI is InChI=1S/C24H27ClN2O4/c1-30-20-5-2-17(3-6-20)15-24(10-8-22(28)26-24)11-9-23(29)27-12-13-31-21-7-4-19(25)14-18(21)16-27/h2-7,14H,8-13,15-16H2,1H3,(H,26,28)/t24-/m0/s1. The Kier molecular flexibility index (Phi) is 6.37. The van der Waals surface area contributed by atoms with Crippen molar-refractivity contribution in [3.05, 3.63) is 58.6 Å². The molecule has 164 valence electrons. The van der Waals surface area contributed by atoms with Gasteiger partial charge in [0.15, 0.2) is 0 Å². The van der Waals surface area contributed by atoms with Gasteiger partial charge in [-0.1, -0.05) is 23.7 Å². The van der Waals surface area contributed by atoms with Crippen LogP contribution in [-0.2, 0) is 22.6 Å². The number of nitrogens with zero attached hydrogens (tertiary/aromatic N) is 1. The number of methoxy groups -OCH3 is 1. The Morgan fingerprint density at radius 1 is 1.26 bits per heavy atom. The minimum absolute atomic E-state index is 0.0488. The molecule has 4 rings (SSSR count). The average molecular weight is 443 g/mol. The van der Waals surface area contributed by atoms with E-state index < -0.39 is 5.54 Å². The van der Waals surface area contributed by atoms with Crippen LogP contribution in [0.5, 0.6) is 11.5 Å². The fourth-order valence-corrected chi connectivity index (χ4v) is 4.59. The summed E-state index contributed by atoms with van der Waals surface area (Å²) in [6, 6.07) is 13.4. The quantitative estimate of drug-likeness (QED) is 0.740. The van der Waals surface area contributed by atoms with Gasteiger partial charge in [-0.25, -0.2) is 0 Å². The fourth-order valence-electron chi connectivity index (χ4n) is 4.40. The second-order valence-electron chi connectivity index (χ2n) is 8.27. The van der Waals surface area contributed by atoms with Crippen molar-refractivity contribution in [2.24, 2.45) is 0 Å². The lowest BCUT2D eigenvalue weighted by atomic mass is 9.85. The number of fused-ring (bicyclic) bond motifs is 1. The van der Waals surface area contributed by atoms with Crippen LogP contribution in [0.3, 0.4) is 0 Å². The van der Waals surface area contributed by atoms with E-state index in [4.69, 9.17) is 21.1 Å². The Morgan fingerprint density at radius 2 is 2.06 bits per heavy atom. The first-order valence-electron chi connectivity index (χ1n) is 10.6. The summed E-state index contributed by atoms with van der Waals surface area (Å²) in [7, 11) is 1.64. The van der Waals surface area contributed by atoms with Crippen LogP contribution in [0.1, 0.15) is 36.8 Å². The molecule has 2 amide bonds. The summed E-state index contributed by atoms with van der Waals surface area (Å²) >= 11 is 6.13. The largest absolute Gasteiger partial charge is 0.497 e. The van der Waals surface area contributed by atoms with Gasteiger partial charge in [0.1, 0.15) is 18.1 Å². The number of hydrogen-bond donors (Lipinski definition) is 1. The van der Waals surface area contributed by atoms with Gasteiger partial charge in [0.25, 0.3) is 0 Å². The number of carbonyl (C=O) groups excluding carboxylic acids is 2. The number of hydrogen-bond acceptors (Lipinski definition) is 4. The average Bonchev–Trinajstić information content (AvgIpc) is 3.00. The molecule has 1 fully saturated rings. The summed E-state index contributed by atoms with van der Waals surface area (Å²) in [5.41, 5.74) is 1.63. The Morgan fingerprint density at radius 3 is 2.77 bits per heavy atom. The monoisotopic (exact) mass is 442 g/mol. The first kappa shape index (κ1) is 21.5. The van der Waals surface area contributed by atoms with Crippen molar-refractivity contribution in [3.8, 4) is 11.5 Å². The van der Waals surface area contributed by atoms with Gasteiger partial charge in [0.2, 0.25) is 11.8 Å². The SMILES string of the molecule is COc1ccc(C[C@@]2(CCC(=O)N3CCOc4ccc(Cl)cc4C3)CCC(=O)N2)cc1. The van der Waals surface area contributed by atoms with Crippen LogP contribution in [0.15, 0.2) is 42.5 Å². The first-order valence-corrected chi connectivity index (χ1v) is 11.0. The Hall–Kier alpha value is -2.73. The molecule has 31 heavy (non-hydrogen) atoms. The summed E-state index contributed by atoms with van der Waals surface area (Å²) in [4.78, 5) is 26.9. The maximum Gasteiger partial charge on any atom is 0.223 e. The molecule has 0 aliphatic carbocycles. The molecule has 2 aromatic carbocycles. The van der Waals surface area contributed by atoms with Gasteiger partial charge < -0.3 is 19.7 Å². The van der Waals surface area contributed by atoms with Crippen molar-refractivity contribution in [1.29, 1.82) is 0 Å². The van der Waals surface area contributed by atoms with Crippen molar-refractivity contribution in [1.82, 2.24) is 10.2 Å². The smallest absolute Gasteiger partial charge is 0.223 e. The number of rotatable bonds is 6. The second-order valence-corrected chi connectivity index (χ2v) is 8.71. The topological polar surface area (TPSA) is 67.9 Å². The maximum absolute atomic E-state index is 13.1. The van der Waals surface area contributed by atoms with E-state index in [0.717, 1.165) is 29.0 Å². The highest BCUT2D eigenvalue weighted by Gasteiger charge is 2.38. The number of benzene rings is 2. The highest BCUT2D eigenvalue weighted by atomic mass is 35.5. The van der Waals surface area contributed by atoms with E-state index in [1.54, 1.807) is 13.2 Å². The summed E-state index contributed by atoms with van der Waals surface area (Å²) in [6.45, 7) is 1.46. The zero-order valence-electron chi connectivity index (χ0n) is 17.7.